The van der Waals surface area contributed by atoms with Crippen molar-refractivity contribution in [3.05, 3.63) is 71.9 Å². The van der Waals surface area contributed by atoms with Crippen LogP contribution in [0.25, 0.3) is 4.91 Å². The Hall–Kier alpha value is -2.01. The molecule has 1 aromatic carbocycles. The summed E-state index contributed by atoms with van der Waals surface area (Å²) in [5.74, 6) is 0.849. The molecule has 19 heavy (non-hydrogen) atoms. The average Bonchev–Trinajstić information content (AvgIpc) is 3.05. The van der Waals surface area contributed by atoms with Gasteiger partial charge in [-0.3, -0.25) is 0 Å². The quantitative estimate of drug-likeness (QED) is 0.840. The van der Waals surface area contributed by atoms with E-state index in [4.69, 9.17) is 0 Å². The average molecular weight is 271 g/mol. The van der Waals surface area contributed by atoms with Crippen molar-refractivity contribution in [3.8, 4) is 0 Å². The van der Waals surface area contributed by atoms with E-state index in [1.165, 1.54) is 5.56 Å². The van der Waals surface area contributed by atoms with Crippen LogP contribution in [0.15, 0.2) is 54.2 Å². The highest BCUT2D eigenvalue weighted by Gasteiger charge is 2.15. The summed E-state index contributed by atoms with van der Waals surface area (Å²) in [5, 5.41) is 10.3. The van der Waals surface area contributed by atoms with Crippen LogP contribution in [0.4, 0.5) is 0 Å². The summed E-state index contributed by atoms with van der Waals surface area (Å²) in [4.78, 5) is 1.15. The highest BCUT2D eigenvalue weighted by molar-refractivity contribution is 8.28. The van der Waals surface area contributed by atoms with Gasteiger partial charge < -0.3 is 5.43 Å². The van der Waals surface area contributed by atoms with Crippen molar-refractivity contribution < 1.29 is 0 Å². The summed E-state index contributed by atoms with van der Waals surface area (Å²) >= 11 is 0. The molecular formula is C14H15N4S. The van der Waals surface area contributed by atoms with Crippen LogP contribution in [0.3, 0.4) is 0 Å². The van der Waals surface area contributed by atoms with Crippen LogP contribution in [-0.4, -0.2) is 14.9 Å². The topological polar surface area (TPSA) is 42.7 Å². The van der Waals surface area contributed by atoms with Crippen molar-refractivity contribution in [2.24, 2.45) is 0 Å². The van der Waals surface area contributed by atoms with Crippen molar-refractivity contribution >= 4 is 15.8 Å². The Morgan fingerprint density at radius 3 is 2.84 bits per heavy atom. The molecule has 97 valence electrons. The number of allylic oxidation sites excluding steroid dienone is 2. The summed E-state index contributed by atoms with van der Waals surface area (Å²) < 4.78 is 1.87. The van der Waals surface area contributed by atoms with Crippen molar-refractivity contribution in [2.45, 2.75) is 6.54 Å². The number of nitrogens with zero attached hydrogens (tertiary/aromatic N) is 3. The number of thiol groups is 1. The molecule has 1 atom stereocenters. The van der Waals surface area contributed by atoms with E-state index >= 15 is 0 Å². The number of hydrogen-bond donors (Lipinski definition) is 2. The maximum absolute atomic E-state index is 4.18. The fraction of sp³-hybridized carbons (Fsp3) is 0.0714. The number of rotatable bonds is 4. The number of benzene rings is 1. The van der Waals surface area contributed by atoms with Crippen molar-refractivity contribution in [1.29, 1.82) is 0 Å². The molecule has 0 bridgehead atoms. The lowest BCUT2D eigenvalue weighted by Gasteiger charge is -2.14. The lowest BCUT2D eigenvalue weighted by atomic mass is 10.2. The maximum Gasteiger partial charge on any atom is 0.187 e. The molecule has 1 N–H and O–H groups in total. The summed E-state index contributed by atoms with van der Waals surface area (Å²) in [6, 6.07) is 10.2. The fourth-order valence-corrected chi connectivity index (χ4v) is 3.06. The first kappa shape index (κ1) is 12.0. The molecule has 4 nitrogen and oxygen atoms in total. The molecule has 0 saturated heterocycles. The maximum atomic E-state index is 4.18. The first-order valence-corrected chi connectivity index (χ1v) is 7.60. The Bertz CT molecular complexity index is 615. The lowest BCUT2D eigenvalue weighted by molar-refractivity contribution is 0.826. The Morgan fingerprint density at radius 1 is 1.26 bits per heavy atom. The van der Waals surface area contributed by atoms with Gasteiger partial charge in [-0.2, -0.15) is 0 Å². The Balaban J connectivity index is 1.74. The van der Waals surface area contributed by atoms with E-state index in [2.05, 4.69) is 45.5 Å². The summed E-state index contributed by atoms with van der Waals surface area (Å²) in [6.45, 7) is 0.738. The molecule has 0 fully saturated rings. The van der Waals surface area contributed by atoms with Gasteiger partial charge in [0.25, 0.3) is 0 Å². The van der Waals surface area contributed by atoms with Crippen molar-refractivity contribution in [1.82, 2.24) is 14.9 Å². The molecule has 1 aromatic heterocycles. The molecule has 1 aliphatic rings. The van der Waals surface area contributed by atoms with E-state index in [1.54, 1.807) is 6.33 Å². The van der Waals surface area contributed by atoms with E-state index < -0.39 is 10.9 Å². The number of hydrogen-bond acceptors (Lipinski definition) is 3. The predicted molar refractivity (Wildman–Crippen MR) is 81.0 cm³/mol. The minimum Gasteiger partial charge on any atom is -0.318 e. The first-order valence-electron chi connectivity index (χ1n) is 6.01. The second kappa shape index (κ2) is 5.32. The normalized spacial score (nSPS) is 19.4. The minimum absolute atomic E-state index is 0.493. The fourth-order valence-electron chi connectivity index (χ4n) is 1.91. The molecule has 5 heteroatoms. The van der Waals surface area contributed by atoms with Crippen LogP contribution in [0, 0.1) is 6.26 Å². The number of nitrogens with one attached hydrogen (secondary N) is 1. The van der Waals surface area contributed by atoms with Gasteiger partial charge >= 0.3 is 0 Å². The van der Waals surface area contributed by atoms with Gasteiger partial charge in [0, 0.05) is 4.91 Å². The zero-order valence-corrected chi connectivity index (χ0v) is 11.3. The van der Waals surface area contributed by atoms with Gasteiger partial charge in [0.05, 0.1) is 6.54 Å². The summed E-state index contributed by atoms with van der Waals surface area (Å²) in [6.07, 6.45) is 9.92. The second-order valence-electron chi connectivity index (χ2n) is 4.21. The molecule has 0 saturated carbocycles. The second-order valence-corrected chi connectivity index (χ2v) is 5.93. The van der Waals surface area contributed by atoms with Crippen LogP contribution < -0.4 is 5.43 Å². The van der Waals surface area contributed by atoms with Crippen molar-refractivity contribution in [3.63, 3.8) is 0 Å². The Kier molecular flexibility index (Phi) is 3.37. The first-order chi connectivity index (χ1) is 9.34. The van der Waals surface area contributed by atoms with Gasteiger partial charge in [-0.05, 0) is 23.3 Å². The van der Waals surface area contributed by atoms with Crippen LogP contribution >= 0.6 is 10.9 Å². The molecule has 1 aliphatic heterocycles. The molecule has 2 aromatic rings. The molecule has 3 rings (SSSR count). The summed E-state index contributed by atoms with van der Waals surface area (Å²) in [5.41, 5.74) is 4.53. The van der Waals surface area contributed by atoms with Crippen molar-refractivity contribution in [2.75, 3.05) is 5.43 Å². The Labute approximate surface area is 115 Å². The highest BCUT2D eigenvalue weighted by atomic mass is 32.2. The smallest absolute Gasteiger partial charge is 0.187 e. The highest BCUT2D eigenvalue weighted by Crippen LogP contribution is 2.44. The van der Waals surface area contributed by atoms with Crippen LogP contribution in [0.2, 0.25) is 0 Å². The molecule has 0 aliphatic carbocycles. The molecule has 1 unspecified atom stereocenters. The Morgan fingerprint density at radius 2 is 2.11 bits per heavy atom. The zero-order chi connectivity index (χ0) is 13.1. The van der Waals surface area contributed by atoms with E-state index in [0.717, 1.165) is 17.3 Å². The third kappa shape index (κ3) is 2.56. The molecule has 1 radical (unpaired) electrons. The van der Waals surface area contributed by atoms with Gasteiger partial charge in [0.15, 0.2) is 5.82 Å². The lowest BCUT2D eigenvalue weighted by Crippen LogP contribution is -2.16. The molecule has 2 heterocycles. The predicted octanol–water partition coefficient (Wildman–Crippen LogP) is 2.68. The van der Waals surface area contributed by atoms with Gasteiger partial charge in [-0.15, -0.1) is 10.2 Å². The van der Waals surface area contributed by atoms with Crippen LogP contribution in [0.1, 0.15) is 11.4 Å². The van der Waals surface area contributed by atoms with Gasteiger partial charge in [-0.1, -0.05) is 36.4 Å². The van der Waals surface area contributed by atoms with Gasteiger partial charge in [0.2, 0.25) is 0 Å². The molecule has 0 amide bonds. The third-order valence-corrected chi connectivity index (χ3v) is 4.40. The van der Waals surface area contributed by atoms with E-state index in [0.29, 0.717) is 0 Å². The van der Waals surface area contributed by atoms with Crippen LogP contribution in [0.5, 0.6) is 0 Å². The van der Waals surface area contributed by atoms with Gasteiger partial charge in [-0.25, -0.2) is 15.6 Å². The summed E-state index contributed by atoms with van der Waals surface area (Å²) in [7, 11) is -0.493. The van der Waals surface area contributed by atoms with E-state index in [1.807, 2.05) is 29.0 Å². The SMILES string of the molecule is [CH2][SH]1C=CC=C1c1nncn1NCc1ccccc1. The zero-order valence-electron chi connectivity index (χ0n) is 10.4. The third-order valence-electron chi connectivity index (χ3n) is 2.90. The van der Waals surface area contributed by atoms with Crippen LogP contribution in [-0.2, 0) is 6.54 Å². The van der Waals surface area contributed by atoms with E-state index in [-0.39, 0.29) is 0 Å². The standard InChI is InChI=1S/C14H15N4S/c1-19-9-5-8-13(19)14-17-15-11-18(14)16-10-12-6-3-2-4-7-12/h2-9,11,16,19H,1,10H2. The monoisotopic (exact) mass is 271 g/mol. The largest absolute Gasteiger partial charge is 0.318 e. The van der Waals surface area contributed by atoms with E-state index in [9.17, 15) is 0 Å². The minimum atomic E-state index is -0.493. The number of aromatic nitrogens is 3. The molecule has 0 spiro atoms. The molecular weight excluding hydrogens is 256 g/mol. The van der Waals surface area contributed by atoms with Gasteiger partial charge in [0.1, 0.15) is 6.33 Å².